The van der Waals surface area contributed by atoms with Gasteiger partial charge in [0, 0.05) is 6.61 Å². The van der Waals surface area contributed by atoms with Gasteiger partial charge in [0.15, 0.2) is 5.60 Å². The van der Waals surface area contributed by atoms with Gasteiger partial charge in [0.25, 0.3) is 0 Å². The van der Waals surface area contributed by atoms with E-state index in [9.17, 15) is 4.79 Å². The molecule has 0 aromatic carbocycles. The molecule has 0 bridgehead atoms. The Hall–Kier alpha value is -0.570. The third-order valence-corrected chi connectivity index (χ3v) is 3.80. The number of rotatable bonds is 13. The summed E-state index contributed by atoms with van der Waals surface area (Å²) >= 11 is 0. The van der Waals surface area contributed by atoms with Crippen LogP contribution < -0.4 is 0 Å². The van der Waals surface area contributed by atoms with Crippen molar-refractivity contribution < 1.29 is 14.6 Å². The molecule has 0 aliphatic heterocycles. The van der Waals surface area contributed by atoms with Crippen LogP contribution in [0.5, 0.6) is 0 Å². The first-order chi connectivity index (χ1) is 9.06. The van der Waals surface area contributed by atoms with E-state index in [1.165, 1.54) is 44.9 Å². The maximum absolute atomic E-state index is 11.0. The van der Waals surface area contributed by atoms with Gasteiger partial charge in [-0.1, -0.05) is 65.2 Å². The van der Waals surface area contributed by atoms with E-state index in [4.69, 9.17) is 9.84 Å². The molecule has 0 heterocycles. The number of carboxylic acids is 1. The van der Waals surface area contributed by atoms with Crippen LogP contribution in [-0.2, 0) is 9.53 Å². The van der Waals surface area contributed by atoms with Gasteiger partial charge in [-0.25, -0.2) is 4.79 Å². The second-order valence-electron chi connectivity index (χ2n) is 5.57. The molecule has 3 heteroatoms. The molecule has 1 N–H and O–H groups in total. The van der Waals surface area contributed by atoms with Crippen molar-refractivity contribution in [3.05, 3.63) is 0 Å². The SMILES string of the molecule is CCCCCCCCCCCOC(C)(CC)C(=O)O. The highest BCUT2D eigenvalue weighted by Crippen LogP contribution is 2.16. The third kappa shape index (κ3) is 9.04. The van der Waals surface area contributed by atoms with Crippen LogP contribution in [0.1, 0.15) is 85.0 Å². The van der Waals surface area contributed by atoms with E-state index in [-0.39, 0.29) is 0 Å². The van der Waals surface area contributed by atoms with Crippen molar-refractivity contribution in [2.24, 2.45) is 0 Å². The summed E-state index contributed by atoms with van der Waals surface area (Å²) in [6, 6.07) is 0. The molecule has 19 heavy (non-hydrogen) atoms. The zero-order chi connectivity index (χ0) is 14.6. The average Bonchev–Trinajstić information content (AvgIpc) is 2.40. The van der Waals surface area contributed by atoms with E-state index in [2.05, 4.69) is 6.92 Å². The third-order valence-electron chi connectivity index (χ3n) is 3.80. The second kappa shape index (κ2) is 11.3. The minimum absolute atomic E-state index is 0.514. The summed E-state index contributed by atoms with van der Waals surface area (Å²) in [5.74, 6) is -0.856. The summed E-state index contributed by atoms with van der Waals surface area (Å²) in [6.45, 7) is 6.31. The van der Waals surface area contributed by atoms with Gasteiger partial charge in [-0.05, 0) is 19.8 Å². The first kappa shape index (κ1) is 18.4. The van der Waals surface area contributed by atoms with E-state index < -0.39 is 11.6 Å². The fourth-order valence-corrected chi connectivity index (χ4v) is 2.03. The Balaban J connectivity index is 3.38. The Morgan fingerprint density at radius 2 is 1.42 bits per heavy atom. The van der Waals surface area contributed by atoms with Gasteiger partial charge < -0.3 is 9.84 Å². The predicted octanol–water partition coefficient (Wildman–Crippen LogP) is 4.79. The van der Waals surface area contributed by atoms with Gasteiger partial charge in [-0.15, -0.1) is 0 Å². The molecule has 0 aliphatic rings. The van der Waals surface area contributed by atoms with Crippen LogP contribution in [0.25, 0.3) is 0 Å². The Bertz CT molecular complexity index is 228. The highest BCUT2D eigenvalue weighted by Gasteiger charge is 2.31. The Morgan fingerprint density at radius 3 is 1.84 bits per heavy atom. The molecule has 0 spiro atoms. The number of aliphatic carboxylic acids is 1. The van der Waals surface area contributed by atoms with Gasteiger partial charge in [0.1, 0.15) is 0 Å². The molecule has 0 aromatic heterocycles. The number of unbranched alkanes of at least 4 members (excludes halogenated alkanes) is 8. The van der Waals surface area contributed by atoms with Gasteiger partial charge in [0.05, 0.1) is 0 Å². The van der Waals surface area contributed by atoms with Crippen molar-refractivity contribution in [1.82, 2.24) is 0 Å². The van der Waals surface area contributed by atoms with Crippen LogP contribution in [0.3, 0.4) is 0 Å². The molecule has 0 amide bonds. The molecule has 0 radical (unpaired) electrons. The smallest absolute Gasteiger partial charge is 0.335 e. The summed E-state index contributed by atoms with van der Waals surface area (Å²) in [5.41, 5.74) is -1.000. The summed E-state index contributed by atoms with van der Waals surface area (Å²) in [5, 5.41) is 9.05. The molecule has 0 aliphatic carbocycles. The van der Waals surface area contributed by atoms with Gasteiger partial charge in [0.2, 0.25) is 0 Å². The zero-order valence-electron chi connectivity index (χ0n) is 13.0. The fourth-order valence-electron chi connectivity index (χ4n) is 2.03. The Labute approximate surface area is 118 Å². The van der Waals surface area contributed by atoms with Crippen LogP contribution in [0, 0.1) is 0 Å². The largest absolute Gasteiger partial charge is 0.479 e. The molecule has 1 atom stereocenters. The molecular formula is C16H32O3. The lowest BCUT2D eigenvalue weighted by Gasteiger charge is -2.23. The molecule has 0 saturated carbocycles. The quantitative estimate of drug-likeness (QED) is 0.490. The van der Waals surface area contributed by atoms with E-state index in [1.54, 1.807) is 6.92 Å². The second-order valence-corrected chi connectivity index (χ2v) is 5.57. The lowest BCUT2D eigenvalue weighted by molar-refractivity contribution is -0.164. The topological polar surface area (TPSA) is 46.5 Å². The predicted molar refractivity (Wildman–Crippen MR) is 79.5 cm³/mol. The highest BCUT2D eigenvalue weighted by atomic mass is 16.5. The van der Waals surface area contributed by atoms with E-state index >= 15 is 0 Å². The monoisotopic (exact) mass is 272 g/mol. The van der Waals surface area contributed by atoms with Crippen molar-refractivity contribution >= 4 is 5.97 Å². The minimum atomic E-state index is -1.000. The van der Waals surface area contributed by atoms with Crippen LogP contribution in [0.2, 0.25) is 0 Å². The molecule has 3 nitrogen and oxygen atoms in total. The van der Waals surface area contributed by atoms with Crippen molar-refractivity contribution in [1.29, 1.82) is 0 Å². The first-order valence-corrected chi connectivity index (χ1v) is 7.94. The molecule has 114 valence electrons. The van der Waals surface area contributed by atoms with Gasteiger partial charge in [-0.2, -0.15) is 0 Å². The summed E-state index contributed by atoms with van der Waals surface area (Å²) in [6.07, 6.45) is 11.9. The highest BCUT2D eigenvalue weighted by molar-refractivity contribution is 5.76. The summed E-state index contributed by atoms with van der Waals surface area (Å²) in [7, 11) is 0. The summed E-state index contributed by atoms with van der Waals surface area (Å²) < 4.78 is 5.50. The van der Waals surface area contributed by atoms with Crippen molar-refractivity contribution in [3.8, 4) is 0 Å². The fraction of sp³-hybridized carbons (Fsp3) is 0.938. The number of carboxylic acid groups (broad SMARTS) is 1. The van der Waals surface area contributed by atoms with Crippen LogP contribution >= 0.6 is 0 Å². The van der Waals surface area contributed by atoms with Crippen molar-refractivity contribution in [2.45, 2.75) is 90.6 Å². The maximum Gasteiger partial charge on any atom is 0.335 e. The van der Waals surface area contributed by atoms with E-state index in [0.29, 0.717) is 13.0 Å². The molecule has 0 rings (SSSR count). The average molecular weight is 272 g/mol. The standard InChI is InChI=1S/C16H32O3/c1-4-6-7-8-9-10-11-12-13-14-19-16(3,5-2)15(17)18/h4-14H2,1-3H3,(H,17,18). The molecule has 0 saturated heterocycles. The Kier molecular flexibility index (Phi) is 10.9. The van der Waals surface area contributed by atoms with Crippen LogP contribution in [0.4, 0.5) is 0 Å². The lowest BCUT2D eigenvalue weighted by Crippen LogP contribution is -2.37. The van der Waals surface area contributed by atoms with Crippen molar-refractivity contribution in [3.63, 3.8) is 0 Å². The first-order valence-electron chi connectivity index (χ1n) is 7.94. The lowest BCUT2D eigenvalue weighted by atomic mass is 10.0. The molecular weight excluding hydrogens is 240 g/mol. The van der Waals surface area contributed by atoms with Gasteiger partial charge >= 0.3 is 5.97 Å². The van der Waals surface area contributed by atoms with E-state index in [0.717, 1.165) is 12.8 Å². The Morgan fingerprint density at radius 1 is 0.947 bits per heavy atom. The maximum atomic E-state index is 11.0. The number of carbonyl (C=O) groups is 1. The number of ether oxygens (including phenoxy) is 1. The zero-order valence-corrected chi connectivity index (χ0v) is 13.0. The number of hydrogen-bond donors (Lipinski definition) is 1. The molecule has 0 fully saturated rings. The molecule has 0 aromatic rings. The summed E-state index contributed by atoms with van der Waals surface area (Å²) in [4.78, 5) is 11.0. The van der Waals surface area contributed by atoms with Crippen molar-refractivity contribution in [2.75, 3.05) is 6.61 Å². The normalized spacial score (nSPS) is 14.3. The van der Waals surface area contributed by atoms with Crippen LogP contribution in [0.15, 0.2) is 0 Å². The number of hydrogen-bond acceptors (Lipinski definition) is 2. The van der Waals surface area contributed by atoms with E-state index in [1.807, 2.05) is 6.92 Å². The van der Waals surface area contributed by atoms with Crippen LogP contribution in [-0.4, -0.2) is 23.3 Å². The molecule has 1 unspecified atom stereocenters. The van der Waals surface area contributed by atoms with Gasteiger partial charge in [-0.3, -0.25) is 0 Å². The minimum Gasteiger partial charge on any atom is -0.479 e.